The molecule has 1 heteroatoms. The van der Waals surface area contributed by atoms with Crippen LogP contribution in [0, 0.1) is 5.92 Å². The molecule has 0 saturated heterocycles. The summed E-state index contributed by atoms with van der Waals surface area (Å²) in [5.41, 5.74) is 4.96. The Kier molecular flexibility index (Phi) is 2.63. The number of nitrogens with zero attached hydrogens (tertiary/aromatic N) is 1. The van der Waals surface area contributed by atoms with E-state index in [9.17, 15) is 0 Å². The molecule has 20 heavy (non-hydrogen) atoms. The number of benzene rings is 1. The molecule has 2 aliphatic carbocycles. The first-order valence-electron chi connectivity index (χ1n) is 7.00. The SMILES string of the molecule is C1=CC2C=Cc3ccc(-c4ccccn4)cc3C2C=C1. The van der Waals surface area contributed by atoms with Crippen LogP contribution in [0.25, 0.3) is 17.3 Å². The number of aromatic nitrogens is 1. The van der Waals surface area contributed by atoms with Gasteiger partial charge in [-0.05, 0) is 29.3 Å². The smallest absolute Gasteiger partial charge is 0.0702 e. The highest BCUT2D eigenvalue weighted by molar-refractivity contribution is 5.68. The van der Waals surface area contributed by atoms with Crippen molar-refractivity contribution in [3.05, 3.63) is 84.1 Å². The molecular formula is C19H15N. The van der Waals surface area contributed by atoms with E-state index in [0.29, 0.717) is 11.8 Å². The van der Waals surface area contributed by atoms with Gasteiger partial charge < -0.3 is 0 Å². The molecular weight excluding hydrogens is 242 g/mol. The maximum atomic E-state index is 4.45. The maximum absolute atomic E-state index is 4.45. The first-order valence-corrected chi connectivity index (χ1v) is 7.00. The molecule has 2 aliphatic rings. The van der Waals surface area contributed by atoms with Gasteiger partial charge in [0.05, 0.1) is 5.69 Å². The van der Waals surface area contributed by atoms with Crippen LogP contribution in [0.5, 0.6) is 0 Å². The Hall–Kier alpha value is -2.41. The molecule has 96 valence electrons. The highest BCUT2D eigenvalue weighted by atomic mass is 14.7. The lowest BCUT2D eigenvalue weighted by atomic mass is 9.76. The van der Waals surface area contributed by atoms with Crippen LogP contribution >= 0.6 is 0 Å². The van der Waals surface area contributed by atoms with Crippen LogP contribution in [-0.2, 0) is 0 Å². The van der Waals surface area contributed by atoms with E-state index < -0.39 is 0 Å². The van der Waals surface area contributed by atoms with Crippen molar-refractivity contribution in [3.8, 4) is 11.3 Å². The van der Waals surface area contributed by atoms with Crippen molar-refractivity contribution in [2.24, 2.45) is 5.92 Å². The number of hydrogen-bond acceptors (Lipinski definition) is 1. The summed E-state index contributed by atoms with van der Waals surface area (Å²) < 4.78 is 0. The van der Waals surface area contributed by atoms with Crippen molar-refractivity contribution in [2.45, 2.75) is 5.92 Å². The van der Waals surface area contributed by atoms with Gasteiger partial charge >= 0.3 is 0 Å². The van der Waals surface area contributed by atoms with Gasteiger partial charge in [-0.1, -0.05) is 54.7 Å². The minimum absolute atomic E-state index is 0.462. The monoisotopic (exact) mass is 257 g/mol. The third-order valence-corrected chi connectivity index (χ3v) is 4.08. The fourth-order valence-corrected chi connectivity index (χ4v) is 3.04. The molecule has 1 nitrogen and oxygen atoms in total. The van der Waals surface area contributed by atoms with Crippen LogP contribution in [0.2, 0.25) is 0 Å². The molecule has 2 unspecified atom stereocenters. The predicted octanol–water partition coefficient (Wildman–Crippen LogP) is 4.60. The summed E-state index contributed by atoms with van der Waals surface area (Å²) >= 11 is 0. The number of fused-ring (bicyclic) bond motifs is 3. The van der Waals surface area contributed by atoms with E-state index in [4.69, 9.17) is 0 Å². The van der Waals surface area contributed by atoms with Crippen LogP contribution in [0.3, 0.4) is 0 Å². The van der Waals surface area contributed by atoms with Crippen LogP contribution in [0.1, 0.15) is 17.0 Å². The molecule has 4 rings (SSSR count). The second kappa shape index (κ2) is 4.61. The zero-order valence-electron chi connectivity index (χ0n) is 11.1. The standard InChI is InChI=1S/C19H15N/c1-2-6-17-14(5-1)8-9-15-10-11-16(13-18(15)17)19-7-3-4-12-20-19/h1-14,17H. The van der Waals surface area contributed by atoms with Gasteiger partial charge in [-0.25, -0.2) is 0 Å². The molecule has 1 aromatic carbocycles. The summed E-state index contributed by atoms with van der Waals surface area (Å²) in [5.74, 6) is 0.954. The van der Waals surface area contributed by atoms with Gasteiger partial charge in [-0.15, -0.1) is 0 Å². The zero-order valence-corrected chi connectivity index (χ0v) is 11.1. The van der Waals surface area contributed by atoms with E-state index >= 15 is 0 Å². The topological polar surface area (TPSA) is 12.9 Å². The quantitative estimate of drug-likeness (QED) is 0.727. The van der Waals surface area contributed by atoms with Gasteiger partial charge in [-0.2, -0.15) is 0 Å². The highest BCUT2D eigenvalue weighted by Crippen LogP contribution is 2.39. The number of pyridine rings is 1. The summed E-state index contributed by atoms with van der Waals surface area (Å²) in [6.07, 6.45) is 15.2. The Balaban J connectivity index is 1.83. The summed E-state index contributed by atoms with van der Waals surface area (Å²) in [4.78, 5) is 4.45. The fraction of sp³-hybridized carbons (Fsp3) is 0.105. The first kappa shape index (κ1) is 11.4. The molecule has 0 bridgehead atoms. The molecule has 1 heterocycles. The van der Waals surface area contributed by atoms with Crippen LogP contribution in [0.15, 0.2) is 73.0 Å². The Morgan fingerprint density at radius 2 is 1.85 bits per heavy atom. The highest BCUT2D eigenvalue weighted by Gasteiger charge is 2.24. The van der Waals surface area contributed by atoms with Gasteiger partial charge in [0.1, 0.15) is 0 Å². The molecule has 0 saturated carbocycles. The largest absolute Gasteiger partial charge is 0.256 e. The van der Waals surface area contributed by atoms with Gasteiger partial charge in [0.25, 0.3) is 0 Å². The number of rotatable bonds is 1. The van der Waals surface area contributed by atoms with Crippen molar-refractivity contribution in [2.75, 3.05) is 0 Å². The van der Waals surface area contributed by atoms with E-state index in [0.717, 1.165) is 5.69 Å². The van der Waals surface area contributed by atoms with Crippen LogP contribution in [0.4, 0.5) is 0 Å². The number of hydrogen-bond donors (Lipinski definition) is 0. The molecule has 2 atom stereocenters. The third-order valence-electron chi connectivity index (χ3n) is 4.08. The van der Waals surface area contributed by atoms with Gasteiger partial charge in [0.2, 0.25) is 0 Å². The second-order valence-corrected chi connectivity index (χ2v) is 5.29. The number of allylic oxidation sites excluding steroid dienone is 5. The predicted molar refractivity (Wildman–Crippen MR) is 83.2 cm³/mol. The summed E-state index contributed by atoms with van der Waals surface area (Å²) in [5, 5.41) is 0. The second-order valence-electron chi connectivity index (χ2n) is 5.29. The van der Waals surface area contributed by atoms with Crippen molar-refractivity contribution < 1.29 is 0 Å². The van der Waals surface area contributed by atoms with Gasteiger partial charge in [0.15, 0.2) is 0 Å². The molecule has 0 fully saturated rings. The molecule has 0 N–H and O–H groups in total. The Labute approximate surface area is 119 Å². The van der Waals surface area contributed by atoms with Gasteiger partial charge in [-0.3, -0.25) is 4.98 Å². The lowest BCUT2D eigenvalue weighted by molar-refractivity contribution is 0.692. The van der Waals surface area contributed by atoms with E-state index in [-0.39, 0.29) is 0 Å². The summed E-state index contributed by atoms with van der Waals surface area (Å²) in [6.45, 7) is 0. The lowest BCUT2D eigenvalue weighted by Gasteiger charge is -2.27. The Morgan fingerprint density at radius 1 is 0.900 bits per heavy atom. The average Bonchev–Trinajstić information content (AvgIpc) is 2.55. The molecule has 2 aromatic rings. The molecule has 0 aliphatic heterocycles. The van der Waals surface area contributed by atoms with E-state index in [2.05, 4.69) is 65.7 Å². The van der Waals surface area contributed by atoms with E-state index in [1.54, 1.807) is 0 Å². The minimum atomic E-state index is 0.462. The third kappa shape index (κ3) is 1.83. The van der Waals surface area contributed by atoms with Crippen LogP contribution in [-0.4, -0.2) is 4.98 Å². The lowest BCUT2D eigenvalue weighted by Crippen LogP contribution is -2.13. The Morgan fingerprint density at radius 3 is 2.75 bits per heavy atom. The van der Waals surface area contributed by atoms with E-state index in [1.165, 1.54) is 16.7 Å². The van der Waals surface area contributed by atoms with Crippen molar-refractivity contribution in [1.82, 2.24) is 4.98 Å². The summed E-state index contributed by atoms with van der Waals surface area (Å²) in [6, 6.07) is 12.7. The first-order chi connectivity index (χ1) is 9.92. The molecule has 0 radical (unpaired) electrons. The maximum Gasteiger partial charge on any atom is 0.0702 e. The minimum Gasteiger partial charge on any atom is -0.256 e. The Bertz CT molecular complexity index is 723. The van der Waals surface area contributed by atoms with E-state index in [1.807, 2.05) is 18.3 Å². The fourth-order valence-electron chi connectivity index (χ4n) is 3.04. The van der Waals surface area contributed by atoms with Crippen molar-refractivity contribution in [3.63, 3.8) is 0 Å². The summed E-state index contributed by atoms with van der Waals surface area (Å²) in [7, 11) is 0. The zero-order chi connectivity index (χ0) is 13.4. The van der Waals surface area contributed by atoms with Crippen molar-refractivity contribution >= 4 is 6.08 Å². The van der Waals surface area contributed by atoms with Gasteiger partial charge in [0, 0.05) is 23.6 Å². The molecule has 0 amide bonds. The van der Waals surface area contributed by atoms with Crippen molar-refractivity contribution in [1.29, 1.82) is 0 Å². The normalized spacial score (nSPS) is 22.4. The molecule has 0 spiro atoms. The molecule has 1 aromatic heterocycles. The average molecular weight is 257 g/mol. The van der Waals surface area contributed by atoms with Crippen LogP contribution < -0.4 is 0 Å².